The van der Waals surface area contributed by atoms with Gasteiger partial charge in [-0.25, -0.2) is 15.0 Å². The molecule has 3 aromatic rings. The Balaban J connectivity index is 1.45. The number of rotatable bonds is 7. The summed E-state index contributed by atoms with van der Waals surface area (Å²) in [6, 6.07) is 13.6. The van der Waals surface area contributed by atoms with Crippen molar-refractivity contribution in [2.45, 2.75) is 32.2 Å². The van der Waals surface area contributed by atoms with E-state index in [9.17, 15) is 4.79 Å². The van der Waals surface area contributed by atoms with Crippen molar-refractivity contribution in [2.75, 3.05) is 30.4 Å². The number of aromatic nitrogens is 3. The fourth-order valence-electron chi connectivity index (χ4n) is 3.90. The zero-order valence-electron chi connectivity index (χ0n) is 18.8. The van der Waals surface area contributed by atoms with Gasteiger partial charge in [-0.15, -0.1) is 0 Å². The second-order valence-corrected chi connectivity index (χ2v) is 8.06. The van der Waals surface area contributed by atoms with Crippen LogP contribution in [0.1, 0.15) is 53.0 Å². The van der Waals surface area contributed by atoms with Crippen LogP contribution in [0.5, 0.6) is 0 Å². The topological polar surface area (TPSA) is 107 Å². The summed E-state index contributed by atoms with van der Waals surface area (Å²) >= 11 is 0. The fraction of sp³-hybridized carbons (Fsp3) is 0.320. The number of pyridine rings is 1. The molecule has 3 heterocycles. The SMILES string of the molecule is CNc1nc(N2CCCCCC2)ccc1C(=N)c1cnc(C(=O)NCc2ccccc2)nc1. The van der Waals surface area contributed by atoms with Gasteiger partial charge < -0.3 is 15.5 Å². The van der Waals surface area contributed by atoms with E-state index in [1.165, 1.54) is 38.1 Å². The molecule has 3 N–H and O–H groups in total. The van der Waals surface area contributed by atoms with E-state index in [-0.39, 0.29) is 17.4 Å². The van der Waals surface area contributed by atoms with E-state index in [2.05, 4.69) is 25.5 Å². The number of amides is 1. The molecule has 2 aromatic heterocycles. The molecule has 0 saturated carbocycles. The lowest BCUT2D eigenvalue weighted by Crippen LogP contribution is -2.25. The summed E-state index contributed by atoms with van der Waals surface area (Å²) < 4.78 is 0. The van der Waals surface area contributed by atoms with Crippen molar-refractivity contribution >= 4 is 23.3 Å². The minimum Gasteiger partial charge on any atom is -0.373 e. The molecular formula is C25H29N7O. The van der Waals surface area contributed by atoms with Crippen LogP contribution in [0.15, 0.2) is 54.9 Å². The van der Waals surface area contributed by atoms with Gasteiger partial charge in [0, 0.05) is 50.2 Å². The fourth-order valence-corrected chi connectivity index (χ4v) is 3.90. The molecule has 1 amide bonds. The molecule has 1 aliphatic rings. The second-order valence-electron chi connectivity index (χ2n) is 8.06. The molecule has 1 fully saturated rings. The normalized spacial score (nSPS) is 13.8. The monoisotopic (exact) mass is 443 g/mol. The van der Waals surface area contributed by atoms with Gasteiger partial charge in [-0.05, 0) is 30.5 Å². The van der Waals surface area contributed by atoms with Gasteiger partial charge >= 0.3 is 0 Å². The summed E-state index contributed by atoms with van der Waals surface area (Å²) in [5.41, 5.74) is 2.45. The molecule has 170 valence electrons. The van der Waals surface area contributed by atoms with Crippen LogP contribution in [0.4, 0.5) is 11.6 Å². The van der Waals surface area contributed by atoms with Crippen LogP contribution >= 0.6 is 0 Å². The Morgan fingerprint density at radius 1 is 1.00 bits per heavy atom. The highest BCUT2D eigenvalue weighted by molar-refractivity contribution is 6.13. The number of anilines is 2. The molecule has 0 spiro atoms. The lowest BCUT2D eigenvalue weighted by molar-refractivity contribution is 0.0940. The summed E-state index contributed by atoms with van der Waals surface area (Å²) in [6.45, 7) is 2.42. The maximum atomic E-state index is 12.4. The van der Waals surface area contributed by atoms with E-state index in [0.29, 0.717) is 23.5 Å². The van der Waals surface area contributed by atoms with Crippen molar-refractivity contribution < 1.29 is 4.79 Å². The second kappa shape index (κ2) is 10.7. The van der Waals surface area contributed by atoms with Crippen molar-refractivity contribution in [2.24, 2.45) is 0 Å². The van der Waals surface area contributed by atoms with Crippen molar-refractivity contribution in [3.8, 4) is 0 Å². The summed E-state index contributed by atoms with van der Waals surface area (Å²) in [4.78, 5) is 27.8. The van der Waals surface area contributed by atoms with E-state index in [0.717, 1.165) is 24.5 Å². The van der Waals surface area contributed by atoms with Crippen LogP contribution in [0.2, 0.25) is 0 Å². The van der Waals surface area contributed by atoms with Crippen molar-refractivity contribution in [1.82, 2.24) is 20.3 Å². The molecule has 1 aromatic carbocycles. The summed E-state index contributed by atoms with van der Waals surface area (Å²) in [7, 11) is 1.81. The highest BCUT2D eigenvalue weighted by Gasteiger charge is 2.17. The van der Waals surface area contributed by atoms with Gasteiger partial charge in [0.1, 0.15) is 11.6 Å². The lowest BCUT2D eigenvalue weighted by atomic mass is 10.1. The quantitative estimate of drug-likeness (QED) is 0.481. The highest BCUT2D eigenvalue weighted by Crippen LogP contribution is 2.23. The number of nitrogens with zero attached hydrogens (tertiary/aromatic N) is 4. The lowest BCUT2D eigenvalue weighted by Gasteiger charge is -2.22. The molecule has 8 heteroatoms. The average molecular weight is 444 g/mol. The summed E-state index contributed by atoms with van der Waals surface area (Å²) in [5.74, 6) is 1.30. The number of hydrogen-bond acceptors (Lipinski definition) is 7. The number of nitrogens with one attached hydrogen (secondary N) is 3. The minimum absolute atomic E-state index is 0.0750. The molecule has 8 nitrogen and oxygen atoms in total. The Labute approximate surface area is 194 Å². The van der Waals surface area contributed by atoms with Crippen LogP contribution in [0, 0.1) is 5.41 Å². The molecule has 1 saturated heterocycles. The molecule has 33 heavy (non-hydrogen) atoms. The predicted molar refractivity (Wildman–Crippen MR) is 130 cm³/mol. The van der Waals surface area contributed by atoms with Crippen LogP contribution in [-0.2, 0) is 6.54 Å². The average Bonchev–Trinajstić information content (AvgIpc) is 3.17. The van der Waals surface area contributed by atoms with Gasteiger partial charge in [0.15, 0.2) is 0 Å². The van der Waals surface area contributed by atoms with Gasteiger partial charge in [-0.2, -0.15) is 0 Å². The largest absolute Gasteiger partial charge is 0.373 e. The van der Waals surface area contributed by atoms with E-state index in [1.54, 1.807) is 0 Å². The molecule has 0 bridgehead atoms. The van der Waals surface area contributed by atoms with Crippen LogP contribution < -0.4 is 15.5 Å². The van der Waals surface area contributed by atoms with E-state index >= 15 is 0 Å². The van der Waals surface area contributed by atoms with Crippen LogP contribution in [0.25, 0.3) is 0 Å². The first kappa shape index (κ1) is 22.4. The number of carbonyl (C=O) groups is 1. The molecular weight excluding hydrogens is 414 g/mol. The first-order valence-electron chi connectivity index (χ1n) is 11.3. The third kappa shape index (κ3) is 5.52. The Kier molecular flexibility index (Phi) is 7.24. The number of hydrogen-bond donors (Lipinski definition) is 3. The van der Waals surface area contributed by atoms with Crippen molar-refractivity contribution in [3.05, 3.63) is 77.4 Å². The molecule has 1 aliphatic heterocycles. The summed E-state index contributed by atoms with van der Waals surface area (Å²) in [5, 5.41) is 14.6. The zero-order valence-corrected chi connectivity index (χ0v) is 18.8. The Morgan fingerprint density at radius 3 is 2.36 bits per heavy atom. The number of carbonyl (C=O) groups excluding carboxylic acids is 1. The van der Waals surface area contributed by atoms with Gasteiger partial charge in [-0.3, -0.25) is 10.2 Å². The first-order valence-corrected chi connectivity index (χ1v) is 11.3. The molecule has 0 atom stereocenters. The Morgan fingerprint density at radius 2 is 1.70 bits per heavy atom. The molecule has 0 unspecified atom stereocenters. The molecule has 4 rings (SSSR count). The summed E-state index contributed by atoms with van der Waals surface area (Å²) in [6.07, 6.45) is 7.90. The third-order valence-corrected chi connectivity index (χ3v) is 5.76. The maximum Gasteiger partial charge on any atom is 0.289 e. The van der Waals surface area contributed by atoms with E-state index < -0.39 is 0 Å². The highest BCUT2D eigenvalue weighted by atomic mass is 16.2. The van der Waals surface area contributed by atoms with Gasteiger partial charge in [0.2, 0.25) is 5.82 Å². The smallest absolute Gasteiger partial charge is 0.289 e. The Bertz CT molecular complexity index is 1090. The van der Waals surface area contributed by atoms with Gasteiger partial charge in [-0.1, -0.05) is 43.2 Å². The Hall–Kier alpha value is -3.81. The third-order valence-electron chi connectivity index (χ3n) is 5.76. The minimum atomic E-state index is -0.351. The van der Waals surface area contributed by atoms with Crippen molar-refractivity contribution in [1.29, 1.82) is 5.41 Å². The molecule has 0 aliphatic carbocycles. The molecule has 0 radical (unpaired) electrons. The standard InChI is InChI=1S/C25H29N7O/c1-27-23-20(11-12-21(31-23)32-13-7-2-3-8-14-32)22(26)19-16-28-24(29-17-19)25(33)30-15-18-9-5-4-6-10-18/h4-6,9-12,16-17,26H,2-3,7-8,13-15H2,1H3,(H,27,31)(H,30,33). The number of benzene rings is 1. The van der Waals surface area contributed by atoms with Gasteiger partial charge in [0.25, 0.3) is 5.91 Å². The van der Waals surface area contributed by atoms with E-state index in [1.807, 2.05) is 49.5 Å². The van der Waals surface area contributed by atoms with Crippen LogP contribution in [-0.4, -0.2) is 46.7 Å². The van der Waals surface area contributed by atoms with E-state index in [4.69, 9.17) is 10.4 Å². The van der Waals surface area contributed by atoms with Crippen LogP contribution in [0.3, 0.4) is 0 Å². The van der Waals surface area contributed by atoms with Crippen molar-refractivity contribution in [3.63, 3.8) is 0 Å². The predicted octanol–water partition coefficient (Wildman–Crippen LogP) is 3.64. The first-order chi connectivity index (χ1) is 16.2. The van der Waals surface area contributed by atoms with Gasteiger partial charge in [0.05, 0.1) is 5.71 Å². The maximum absolute atomic E-state index is 12.4. The zero-order chi connectivity index (χ0) is 23.0.